The van der Waals surface area contributed by atoms with Crippen LogP contribution in [0.5, 0.6) is 0 Å². The van der Waals surface area contributed by atoms with Crippen LogP contribution < -0.4 is 10.2 Å². The molecule has 1 unspecified atom stereocenters. The molecule has 0 bridgehead atoms. The van der Waals surface area contributed by atoms with E-state index in [1.54, 1.807) is 0 Å². The number of aliphatic hydroxyl groups is 1. The number of pyridine rings is 1. The standard InChI is InChI=1S/C22H27N3O/c1-16(2)25(3)22-11-8-17(14-24-22)13-23-15-21(26)20-10-9-18-6-4-5-7-19(18)12-20/h4-12,14,16,21,23,26H,13,15H2,1-3H3. The third-order valence-corrected chi connectivity index (χ3v) is 4.77. The summed E-state index contributed by atoms with van der Waals surface area (Å²) in [5.74, 6) is 0.972. The minimum Gasteiger partial charge on any atom is -0.387 e. The van der Waals surface area contributed by atoms with Crippen LogP contribution in [0, 0.1) is 0 Å². The van der Waals surface area contributed by atoms with Gasteiger partial charge in [-0.2, -0.15) is 0 Å². The van der Waals surface area contributed by atoms with Gasteiger partial charge in [0.05, 0.1) is 6.10 Å². The minimum absolute atomic E-state index is 0.420. The van der Waals surface area contributed by atoms with Crippen molar-refractivity contribution in [1.29, 1.82) is 0 Å². The van der Waals surface area contributed by atoms with E-state index < -0.39 is 6.10 Å². The average molecular weight is 349 g/mol. The normalized spacial score (nSPS) is 12.5. The second kappa shape index (κ2) is 8.30. The van der Waals surface area contributed by atoms with Crippen molar-refractivity contribution in [2.45, 2.75) is 32.5 Å². The molecule has 0 fully saturated rings. The molecule has 0 aliphatic rings. The van der Waals surface area contributed by atoms with Gasteiger partial charge in [0.15, 0.2) is 0 Å². The lowest BCUT2D eigenvalue weighted by Gasteiger charge is -2.22. The Labute approximate surface area is 155 Å². The van der Waals surface area contributed by atoms with Gasteiger partial charge in [0.2, 0.25) is 0 Å². The molecule has 0 saturated carbocycles. The molecular formula is C22H27N3O. The second-order valence-corrected chi connectivity index (χ2v) is 6.98. The molecule has 3 rings (SSSR count). The lowest BCUT2D eigenvalue weighted by atomic mass is 10.0. The summed E-state index contributed by atoms with van der Waals surface area (Å²) in [6.07, 6.45) is 1.36. The van der Waals surface area contributed by atoms with E-state index in [0.29, 0.717) is 19.1 Å². The van der Waals surface area contributed by atoms with Gasteiger partial charge in [-0.15, -0.1) is 0 Å². The molecule has 4 nitrogen and oxygen atoms in total. The smallest absolute Gasteiger partial charge is 0.128 e. The molecule has 0 aliphatic carbocycles. The SMILES string of the molecule is CC(C)N(C)c1ccc(CNCC(O)c2ccc3ccccc3c2)cn1. The van der Waals surface area contributed by atoms with Gasteiger partial charge >= 0.3 is 0 Å². The van der Waals surface area contributed by atoms with Gasteiger partial charge in [-0.1, -0.05) is 42.5 Å². The van der Waals surface area contributed by atoms with Gasteiger partial charge in [-0.05, 0) is 47.9 Å². The van der Waals surface area contributed by atoms with Crippen LogP contribution >= 0.6 is 0 Å². The molecule has 2 aromatic carbocycles. The van der Waals surface area contributed by atoms with Crippen LogP contribution in [0.2, 0.25) is 0 Å². The van der Waals surface area contributed by atoms with Crippen molar-refractivity contribution in [3.8, 4) is 0 Å². The Hall–Kier alpha value is -2.43. The summed E-state index contributed by atoms with van der Waals surface area (Å²) in [4.78, 5) is 6.65. The van der Waals surface area contributed by atoms with Crippen molar-refractivity contribution < 1.29 is 5.11 Å². The molecule has 0 spiro atoms. The number of benzene rings is 2. The quantitative estimate of drug-likeness (QED) is 0.679. The monoisotopic (exact) mass is 349 g/mol. The third kappa shape index (κ3) is 4.40. The molecule has 1 heterocycles. The number of rotatable bonds is 7. The number of anilines is 1. The number of nitrogens with one attached hydrogen (secondary N) is 1. The second-order valence-electron chi connectivity index (χ2n) is 6.98. The highest BCUT2D eigenvalue weighted by atomic mass is 16.3. The Kier molecular flexibility index (Phi) is 5.86. The Morgan fingerprint density at radius 2 is 1.81 bits per heavy atom. The zero-order valence-electron chi connectivity index (χ0n) is 15.7. The van der Waals surface area contributed by atoms with Crippen molar-refractivity contribution in [3.05, 3.63) is 71.9 Å². The van der Waals surface area contributed by atoms with Crippen LogP contribution in [0.4, 0.5) is 5.82 Å². The lowest BCUT2D eigenvalue weighted by molar-refractivity contribution is 0.174. The summed E-state index contributed by atoms with van der Waals surface area (Å²) >= 11 is 0. The molecule has 0 saturated heterocycles. The van der Waals surface area contributed by atoms with E-state index in [1.807, 2.05) is 37.5 Å². The topological polar surface area (TPSA) is 48.4 Å². The summed E-state index contributed by atoms with van der Waals surface area (Å²) in [6.45, 7) is 5.48. The number of aliphatic hydroxyl groups excluding tert-OH is 1. The van der Waals surface area contributed by atoms with Crippen LogP contribution in [-0.2, 0) is 6.54 Å². The first kappa shape index (κ1) is 18.4. The van der Waals surface area contributed by atoms with E-state index in [2.05, 4.69) is 59.4 Å². The van der Waals surface area contributed by atoms with E-state index >= 15 is 0 Å². The Morgan fingerprint density at radius 1 is 1.04 bits per heavy atom. The van der Waals surface area contributed by atoms with Gasteiger partial charge < -0.3 is 15.3 Å². The Morgan fingerprint density at radius 3 is 2.50 bits per heavy atom. The van der Waals surface area contributed by atoms with Gasteiger partial charge in [-0.25, -0.2) is 4.98 Å². The number of hydrogen-bond acceptors (Lipinski definition) is 4. The van der Waals surface area contributed by atoms with Crippen LogP contribution in [0.25, 0.3) is 10.8 Å². The molecule has 0 aliphatic heterocycles. The average Bonchev–Trinajstić information content (AvgIpc) is 2.67. The molecule has 136 valence electrons. The maximum absolute atomic E-state index is 10.5. The molecule has 0 radical (unpaired) electrons. The minimum atomic E-state index is -0.529. The van der Waals surface area contributed by atoms with E-state index in [0.717, 1.165) is 22.3 Å². The van der Waals surface area contributed by atoms with Crippen LogP contribution in [0.3, 0.4) is 0 Å². The fourth-order valence-electron chi connectivity index (χ4n) is 2.88. The third-order valence-electron chi connectivity index (χ3n) is 4.77. The Balaban J connectivity index is 1.55. The van der Waals surface area contributed by atoms with Crippen LogP contribution in [0.1, 0.15) is 31.1 Å². The maximum Gasteiger partial charge on any atom is 0.128 e. The van der Waals surface area contributed by atoms with Crippen molar-refractivity contribution in [2.75, 3.05) is 18.5 Å². The highest BCUT2D eigenvalue weighted by Crippen LogP contribution is 2.20. The van der Waals surface area contributed by atoms with Crippen LogP contribution in [-0.4, -0.2) is 29.7 Å². The number of aromatic nitrogens is 1. The van der Waals surface area contributed by atoms with E-state index in [4.69, 9.17) is 0 Å². The van der Waals surface area contributed by atoms with Crippen molar-refractivity contribution in [1.82, 2.24) is 10.3 Å². The van der Waals surface area contributed by atoms with Gasteiger partial charge in [-0.3, -0.25) is 0 Å². The first-order valence-electron chi connectivity index (χ1n) is 9.10. The zero-order valence-corrected chi connectivity index (χ0v) is 15.7. The predicted octanol–water partition coefficient (Wildman–Crippen LogP) is 3.90. The van der Waals surface area contributed by atoms with Crippen LogP contribution in [0.15, 0.2) is 60.8 Å². The first-order chi connectivity index (χ1) is 12.5. The molecule has 4 heteroatoms. The van der Waals surface area contributed by atoms with E-state index in [-0.39, 0.29) is 0 Å². The molecular weight excluding hydrogens is 322 g/mol. The highest BCUT2D eigenvalue weighted by Gasteiger charge is 2.09. The highest BCUT2D eigenvalue weighted by molar-refractivity contribution is 5.83. The van der Waals surface area contributed by atoms with E-state index in [9.17, 15) is 5.11 Å². The van der Waals surface area contributed by atoms with Crippen molar-refractivity contribution in [2.24, 2.45) is 0 Å². The summed E-state index contributed by atoms with van der Waals surface area (Å²) in [6, 6.07) is 18.8. The fourth-order valence-corrected chi connectivity index (χ4v) is 2.88. The van der Waals surface area contributed by atoms with Crippen molar-refractivity contribution >= 4 is 16.6 Å². The van der Waals surface area contributed by atoms with Gasteiger partial charge in [0, 0.05) is 32.4 Å². The van der Waals surface area contributed by atoms with Gasteiger partial charge in [0.25, 0.3) is 0 Å². The van der Waals surface area contributed by atoms with Gasteiger partial charge in [0.1, 0.15) is 5.82 Å². The maximum atomic E-state index is 10.5. The number of nitrogens with zero attached hydrogens (tertiary/aromatic N) is 2. The summed E-state index contributed by atoms with van der Waals surface area (Å²) in [7, 11) is 2.05. The summed E-state index contributed by atoms with van der Waals surface area (Å²) in [5, 5.41) is 16.1. The lowest BCUT2D eigenvalue weighted by Crippen LogP contribution is -2.26. The largest absolute Gasteiger partial charge is 0.387 e. The molecule has 1 atom stereocenters. The van der Waals surface area contributed by atoms with Crippen molar-refractivity contribution in [3.63, 3.8) is 0 Å². The van der Waals surface area contributed by atoms with E-state index in [1.165, 1.54) is 5.39 Å². The molecule has 1 aromatic heterocycles. The predicted molar refractivity (Wildman–Crippen MR) is 108 cm³/mol. The summed E-state index contributed by atoms with van der Waals surface area (Å²) < 4.78 is 0. The Bertz CT molecular complexity index is 845. The fraction of sp³-hybridized carbons (Fsp3) is 0.318. The first-order valence-corrected chi connectivity index (χ1v) is 9.10. The molecule has 3 aromatic rings. The number of fused-ring (bicyclic) bond motifs is 1. The molecule has 26 heavy (non-hydrogen) atoms. The summed E-state index contributed by atoms with van der Waals surface area (Å²) in [5.41, 5.74) is 2.04. The number of hydrogen-bond donors (Lipinski definition) is 2. The molecule has 0 amide bonds. The zero-order chi connectivity index (χ0) is 18.5. The molecule has 2 N–H and O–H groups in total.